The van der Waals surface area contributed by atoms with E-state index in [-0.39, 0.29) is 0 Å². The molecule has 0 bridgehead atoms. The van der Waals surface area contributed by atoms with Crippen LogP contribution in [0.2, 0.25) is 6.55 Å². The molecule has 1 aromatic heterocycles. The minimum absolute atomic E-state index is 1.20. The Kier molecular flexibility index (Phi) is 3.19. The van der Waals surface area contributed by atoms with Crippen LogP contribution >= 0.6 is 33.5 Å². The molecule has 0 amide bonds. The average Bonchev–Trinajstić information content (AvgIpc) is 2.32. The third kappa shape index (κ3) is 3.96. The van der Waals surface area contributed by atoms with Gasteiger partial charge in [-0.3, -0.25) is 0 Å². The van der Waals surface area contributed by atoms with E-state index in [0.717, 1.165) is 0 Å². The van der Waals surface area contributed by atoms with Gasteiger partial charge in [-0.25, -0.2) is 0 Å². The minimum Gasteiger partial charge on any atom is -0.145 e. The lowest BCUT2D eigenvalue weighted by molar-refractivity contribution is 1.96. The maximum Gasteiger partial charge on any atom is 0.271 e. The Morgan fingerprint density at radius 3 is 2.73 bits per heavy atom. The van der Waals surface area contributed by atoms with E-state index in [1.807, 2.05) is 35.8 Å². The first kappa shape index (κ1) is 9.33. The third-order valence-electron chi connectivity index (χ3n) is 1.08. The van der Waals surface area contributed by atoms with Crippen LogP contribution in [-0.2, 0) is 0 Å². The zero-order valence-corrected chi connectivity index (χ0v) is 9.38. The van der Waals surface area contributed by atoms with Crippen molar-refractivity contribution in [3.05, 3.63) is 28.1 Å². The van der Waals surface area contributed by atoms with Gasteiger partial charge in [0.25, 0.3) is 6.69 Å². The Morgan fingerprint density at radius 1 is 1.55 bits per heavy atom. The highest BCUT2D eigenvalue weighted by Gasteiger charge is 2.15. The second kappa shape index (κ2) is 3.76. The van der Waals surface area contributed by atoms with Crippen molar-refractivity contribution in [2.45, 2.75) is 6.55 Å². The highest BCUT2D eigenvalue weighted by atomic mass is 35.7. The van der Waals surface area contributed by atoms with E-state index < -0.39 is 6.69 Å². The summed E-state index contributed by atoms with van der Waals surface area (Å²) >= 11 is 13.4. The lowest BCUT2D eigenvalue weighted by atomic mass is 10.5. The van der Waals surface area contributed by atoms with Crippen molar-refractivity contribution in [3.63, 3.8) is 0 Å². The molecule has 0 aliphatic heterocycles. The summed E-state index contributed by atoms with van der Waals surface area (Å²) in [5.74, 6) is 0. The van der Waals surface area contributed by atoms with E-state index in [4.69, 9.17) is 22.2 Å². The Morgan fingerprint density at radius 2 is 2.27 bits per heavy atom. The SMILES string of the molecule is C[Si](Cl)(Cl)C=Cc1cccs1. The topological polar surface area (TPSA) is 0 Å². The van der Waals surface area contributed by atoms with Crippen LogP contribution < -0.4 is 0 Å². The molecule has 0 aliphatic carbocycles. The molecule has 0 saturated carbocycles. The zero-order chi connectivity index (χ0) is 8.32. The normalized spacial score (nSPS) is 12.6. The summed E-state index contributed by atoms with van der Waals surface area (Å²) in [6, 6.07) is 4.04. The van der Waals surface area contributed by atoms with Gasteiger partial charge in [0.2, 0.25) is 0 Å². The first-order chi connectivity index (χ1) is 5.08. The second-order valence-electron chi connectivity index (χ2n) is 2.31. The Labute approximate surface area is 80.9 Å². The van der Waals surface area contributed by atoms with E-state index in [2.05, 4.69) is 0 Å². The van der Waals surface area contributed by atoms with Crippen LogP contribution in [0, 0.1) is 0 Å². The highest BCUT2D eigenvalue weighted by molar-refractivity contribution is 7.47. The summed E-state index contributed by atoms with van der Waals surface area (Å²) in [4.78, 5) is 1.20. The van der Waals surface area contributed by atoms with Crippen LogP contribution in [0.1, 0.15) is 4.88 Å². The van der Waals surface area contributed by atoms with E-state index in [0.29, 0.717) is 0 Å². The fourth-order valence-electron chi connectivity index (χ4n) is 0.615. The predicted molar refractivity (Wildman–Crippen MR) is 56.7 cm³/mol. The molecule has 0 nitrogen and oxygen atoms in total. The molecule has 0 spiro atoms. The van der Waals surface area contributed by atoms with Gasteiger partial charge in [-0.1, -0.05) is 17.8 Å². The molecule has 0 unspecified atom stereocenters. The molecule has 1 heterocycles. The van der Waals surface area contributed by atoms with Crippen LogP contribution in [0.5, 0.6) is 0 Å². The zero-order valence-electron chi connectivity index (χ0n) is 6.05. The van der Waals surface area contributed by atoms with Gasteiger partial charge >= 0.3 is 0 Å². The molecule has 4 heteroatoms. The average molecular weight is 223 g/mol. The molecule has 0 aliphatic rings. The molecular formula is C7H8Cl2SSi. The number of rotatable bonds is 2. The second-order valence-corrected chi connectivity index (χ2v) is 10.8. The smallest absolute Gasteiger partial charge is 0.145 e. The van der Waals surface area contributed by atoms with E-state index >= 15 is 0 Å². The predicted octanol–water partition coefficient (Wildman–Crippen LogP) is 3.85. The molecule has 0 N–H and O–H groups in total. The lowest BCUT2D eigenvalue weighted by Crippen LogP contribution is -2.06. The summed E-state index contributed by atoms with van der Waals surface area (Å²) < 4.78 is 0. The fourth-order valence-corrected chi connectivity index (χ4v) is 2.20. The molecular weight excluding hydrogens is 215 g/mol. The van der Waals surface area contributed by atoms with Gasteiger partial charge in [0, 0.05) is 4.88 Å². The summed E-state index contributed by atoms with van der Waals surface area (Å²) in [5.41, 5.74) is 1.90. The van der Waals surface area contributed by atoms with Gasteiger partial charge in [-0.2, -0.15) is 0 Å². The Hall–Kier alpha value is 0.237. The molecule has 0 aromatic carbocycles. The summed E-state index contributed by atoms with van der Waals surface area (Å²) in [7, 11) is 0. The first-order valence-electron chi connectivity index (χ1n) is 3.18. The molecule has 60 valence electrons. The van der Waals surface area contributed by atoms with Crippen LogP contribution in [0.3, 0.4) is 0 Å². The van der Waals surface area contributed by atoms with Gasteiger partial charge < -0.3 is 0 Å². The molecule has 1 aromatic rings. The maximum absolute atomic E-state index is 5.87. The summed E-state index contributed by atoms with van der Waals surface area (Å²) in [6.45, 7) is -0.168. The van der Waals surface area contributed by atoms with Crippen molar-refractivity contribution < 1.29 is 0 Å². The van der Waals surface area contributed by atoms with Crippen LogP contribution in [0.25, 0.3) is 6.08 Å². The lowest BCUT2D eigenvalue weighted by Gasteiger charge is -1.99. The van der Waals surface area contributed by atoms with E-state index in [9.17, 15) is 0 Å². The van der Waals surface area contributed by atoms with Crippen molar-refractivity contribution in [2.75, 3.05) is 0 Å². The number of hydrogen-bond donors (Lipinski definition) is 0. The van der Waals surface area contributed by atoms with Crippen LogP contribution in [-0.4, -0.2) is 6.69 Å². The standard InChI is InChI=1S/C7H8Cl2SSi/c1-11(8,9)6-4-7-3-2-5-10-7/h2-6H,1H3. The maximum atomic E-state index is 5.87. The van der Waals surface area contributed by atoms with Gasteiger partial charge in [0.05, 0.1) is 0 Å². The molecule has 11 heavy (non-hydrogen) atoms. The highest BCUT2D eigenvalue weighted by Crippen LogP contribution is 2.18. The molecule has 0 fully saturated rings. The van der Waals surface area contributed by atoms with Gasteiger partial charge in [-0.15, -0.1) is 33.5 Å². The first-order valence-corrected chi connectivity index (χ1v) is 8.66. The van der Waals surface area contributed by atoms with Crippen molar-refractivity contribution in [1.29, 1.82) is 0 Å². The minimum atomic E-state index is -2.04. The van der Waals surface area contributed by atoms with Crippen LogP contribution in [0.4, 0.5) is 0 Å². The molecule has 0 saturated heterocycles. The quantitative estimate of drug-likeness (QED) is 0.527. The Bertz CT molecular complexity index is 235. The van der Waals surface area contributed by atoms with Gasteiger partial charge in [-0.05, 0) is 18.0 Å². The third-order valence-corrected chi connectivity index (χ3v) is 3.43. The van der Waals surface area contributed by atoms with Crippen molar-refractivity contribution in [1.82, 2.24) is 0 Å². The Balaban J connectivity index is 2.63. The van der Waals surface area contributed by atoms with E-state index in [1.54, 1.807) is 11.3 Å². The monoisotopic (exact) mass is 222 g/mol. The van der Waals surface area contributed by atoms with Crippen LogP contribution in [0.15, 0.2) is 23.2 Å². The number of hydrogen-bond acceptors (Lipinski definition) is 1. The number of halogens is 2. The van der Waals surface area contributed by atoms with Gasteiger partial charge in [0.15, 0.2) is 0 Å². The van der Waals surface area contributed by atoms with Crippen molar-refractivity contribution in [3.8, 4) is 0 Å². The van der Waals surface area contributed by atoms with Crippen molar-refractivity contribution >= 4 is 46.3 Å². The van der Waals surface area contributed by atoms with Gasteiger partial charge in [0.1, 0.15) is 0 Å². The molecule has 0 radical (unpaired) electrons. The summed E-state index contributed by atoms with van der Waals surface area (Å²) in [5, 5.41) is 2.03. The fraction of sp³-hybridized carbons (Fsp3) is 0.143. The summed E-state index contributed by atoms with van der Waals surface area (Å²) in [6.07, 6.45) is 1.98. The number of thiophene rings is 1. The molecule has 1 rings (SSSR count). The molecule has 0 atom stereocenters. The van der Waals surface area contributed by atoms with Crippen molar-refractivity contribution in [2.24, 2.45) is 0 Å². The largest absolute Gasteiger partial charge is 0.271 e. The van der Waals surface area contributed by atoms with E-state index in [1.165, 1.54) is 4.88 Å².